The number of ether oxygens (including phenoxy) is 2. The van der Waals surface area contributed by atoms with Crippen LogP contribution in [-0.4, -0.2) is 44.5 Å². The summed E-state index contributed by atoms with van der Waals surface area (Å²) in [7, 11) is -1.80. The SMILES string of the molecule is COc1cc(-n2cnc3cc(-c4ccc(Cl)cc4)sc3c2=O)ccc1OCCNS(C)(=O)=O. The van der Waals surface area contributed by atoms with Gasteiger partial charge in [0.2, 0.25) is 10.0 Å². The minimum Gasteiger partial charge on any atom is -0.493 e. The number of sulfonamides is 1. The average Bonchev–Trinajstić information content (AvgIpc) is 3.22. The van der Waals surface area contributed by atoms with Crippen molar-refractivity contribution >= 4 is 43.2 Å². The molecule has 0 bridgehead atoms. The minimum atomic E-state index is -3.29. The third-order valence-electron chi connectivity index (χ3n) is 4.72. The highest BCUT2D eigenvalue weighted by molar-refractivity contribution is 7.88. The summed E-state index contributed by atoms with van der Waals surface area (Å²) in [6.45, 7) is 0.247. The van der Waals surface area contributed by atoms with Crippen molar-refractivity contribution in [1.29, 1.82) is 0 Å². The van der Waals surface area contributed by atoms with E-state index in [-0.39, 0.29) is 18.7 Å². The van der Waals surface area contributed by atoms with Crippen LogP contribution in [0.15, 0.2) is 59.7 Å². The second-order valence-corrected chi connectivity index (χ2v) is 10.4. The third-order valence-corrected chi connectivity index (χ3v) is 6.86. The van der Waals surface area contributed by atoms with Crippen molar-refractivity contribution in [3.05, 3.63) is 70.2 Å². The normalized spacial score (nSPS) is 11.6. The number of halogens is 1. The molecule has 33 heavy (non-hydrogen) atoms. The van der Waals surface area contributed by atoms with E-state index < -0.39 is 10.0 Å². The van der Waals surface area contributed by atoms with E-state index in [1.54, 1.807) is 30.3 Å². The molecule has 0 radical (unpaired) electrons. The second kappa shape index (κ2) is 9.52. The first-order valence-electron chi connectivity index (χ1n) is 9.78. The highest BCUT2D eigenvalue weighted by Crippen LogP contribution is 2.32. The summed E-state index contributed by atoms with van der Waals surface area (Å²) >= 11 is 7.34. The Bertz CT molecular complexity index is 1460. The van der Waals surface area contributed by atoms with Gasteiger partial charge in [0.25, 0.3) is 5.56 Å². The van der Waals surface area contributed by atoms with Crippen molar-refractivity contribution in [3.63, 3.8) is 0 Å². The molecule has 11 heteroatoms. The summed E-state index contributed by atoms with van der Waals surface area (Å²) in [4.78, 5) is 18.6. The molecule has 0 unspecified atom stereocenters. The first-order valence-corrected chi connectivity index (χ1v) is 12.9. The number of nitrogens with one attached hydrogen (secondary N) is 1. The minimum absolute atomic E-state index is 0.123. The zero-order chi connectivity index (χ0) is 23.6. The lowest BCUT2D eigenvalue weighted by Crippen LogP contribution is -2.26. The summed E-state index contributed by atoms with van der Waals surface area (Å²) in [6.07, 6.45) is 2.56. The molecule has 0 aliphatic rings. The van der Waals surface area contributed by atoms with E-state index in [1.807, 2.05) is 18.2 Å². The molecule has 0 aliphatic carbocycles. The van der Waals surface area contributed by atoms with Crippen LogP contribution in [0.5, 0.6) is 11.5 Å². The van der Waals surface area contributed by atoms with Crippen LogP contribution in [0, 0.1) is 0 Å². The Labute approximate surface area is 199 Å². The van der Waals surface area contributed by atoms with Crippen LogP contribution in [0.25, 0.3) is 26.3 Å². The van der Waals surface area contributed by atoms with Crippen LogP contribution in [0.2, 0.25) is 5.02 Å². The molecule has 0 saturated heterocycles. The first-order chi connectivity index (χ1) is 15.7. The molecule has 4 rings (SSSR count). The van der Waals surface area contributed by atoms with Crippen LogP contribution < -0.4 is 19.8 Å². The number of thiophene rings is 1. The fraction of sp³-hybridized carbons (Fsp3) is 0.182. The fourth-order valence-electron chi connectivity index (χ4n) is 3.17. The van der Waals surface area contributed by atoms with Gasteiger partial charge in [0.05, 0.1) is 24.6 Å². The lowest BCUT2D eigenvalue weighted by molar-refractivity contribution is 0.299. The predicted octanol–water partition coefficient (Wildman–Crippen LogP) is 3.70. The van der Waals surface area contributed by atoms with Crippen molar-refractivity contribution in [1.82, 2.24) is 14.3 Å². The lowest BCUT2D eigenvalue weighted by Gasteiger charge is -2.13. The number of rotatable bonds is 8. The van der Waals surface area contributed by atoms with E-state index in [4.69, 9.17) is 21.1 Å². The summed E-state index contributed by atoms with van der Waals surface area (Å²) < 4.78 is 37.7. The maximum atomic E-state index is 13.2. The smallest absolute Gasteiger partial charge is 0.275 e. The average molecular weight is 506 g/mol. The van der Waals surface area contributed by atoms with Crippen LogP contribution in [0.3, 0.4) is 0 Å². The fourth-order valence-corrected chi connectivity index (χ4v) is 4.79. The van der Waals surface area contributed by atoms with Gasteiger partial charge in [-0.15, -0.1) is 11.3 Å². The maximum absolute atomic E-state index is 13.2. The molecule has 2 heterocycles. The largest absolute Gasteiger partial charge is 0.493 e. The Hall–Kier alpha value is -2.92. The maximum Gasteiger partial charge on any atom is 0.275 e. The molecule has 8 nitrogen and oxygen atoms in total. The van der Waals surface area contributed by atoms with E-state index in [2.05, 4.69) is 9.71 Å². The topological polar surface area (TPSA) is 99.5 Å². The van der Waals surface area contributed by atoms with Gasteiger partial charge in [0.1, 0.15) is 17.6 Å². The zero-order valence-electron chi connectivity index (χ0n) is 17.7. The Morgan fingerprint density at radius 2 is 1.88 bits per heavy atom. The van der Waals surface area contributed by atoms with Gasteiger partial charge in [-0.3, -0.25) is 9.36 Å². The molecule has 0 saturated carbocycles. The molecule has 0 fully saturated rings. The number of hydrogen-bond acceptors (Lipinski definition) is 7. The summed E-state index contributed by atoms with van der Waals surface area (Å²) in [6, 6.07) is 14.4. The molecule has 1 N–H and O–H groups in total. The van der Waals surface area contributed by atoms with Crippen LogP contribution >= 0.6 is 22.9 Å². The van der Waals surface area contributed by atoms with Gasteiger partial charge in [0.15, 0.2) is 11.5 Å². The second-order valence-electron chi connectivity index (χ2n) is 7.10. The molecule has 0 aliphatic heterocycles. The monoisotopic (exact) mass is 505 g/mol. The predicted molar refractivity (Wildman–Crippen MR) is 131 cm³/mol. The number of hydrogen-bond donors (Lipinski definition) is 1. The molecular formula is C22H20ClN3O5S2. The number of aromatic nitrogens is 2. The van der Waals surface area contributed by atoms with E-state index in [1.165, 1.54) is 29.3 Å². The molecule has 0 amide bonds. The van der Waals surface area contributed by atoms with Gasteiger partial charge in [-0.05, 0) is 35.9 Å². The number of fused-ring (bicyclic) bond motifs is 1. The van der Waals surface area contributed by atoms with Crippen molar-refractivity contribution in [2.24, 2.45) is 0 Å². The van der Waals surface area contributed by atoms with Crippen LogP contribution in [0.1, 0.15) is 0 Å². The zero-order valence-corrected chi connectivity index (χ0v) is 20.1. The lowest BCUT2D eigenvalue weighted by atomic mass is 10.2. The number of nitrogens with zero attached hydrogens (tertiary/aromatic N) is 2. The molecule has 172 valence electrons. The van der Waals surface area contributed by atoms with Crippen LogP contribution in [0.4, 0.5) is 0 Å². The molecule has 4 aromatic rings. The van der Waals surface area contributed by atoms with E-state index in [0.29, 0.717) is 32.4 Å². The van der Waals surface area contributed by atoms with Crippen LogP contribution in [-0.2, 0) is 10.0 Å². The van der Waals surface area contributed by atoms with E-state index in [0.717, 1.165) is 16.7 Å². The Balaban J connectivity index is 1.62. The van der Waals surface area contributed by atoms with Gasteiger partial charge in [-0.25, -0.2) is 18.1 Å². The van der Waals surface area contributed by atoms with E-state index >= 15 is 0 Å². The quantitative estimate of drug-likeness (QED) is 0.366. The Morgan fingerprint density at radius 1 is 1.12 bits per heavy atom. The Morgan fingerprint density at radius 3 is 2.58 bits per heavy atom. The Kier molecular flexibility index (Phi) is 6.71. The van der Waals surface area contributed by atoms with Gasteiger partial charge in [0, 0.05) is 22.5 Å². The summed E-state index contributed by atoms with van der Waals surface area (Å²) in [5.74, 6) is 0.840. The molecular weight excluding hydrogens is 486 g/mol. The van der Waals surface area contributed by atoms with Gasteiger partial charge in [-0.2, -0.15) is 0 Å². The highest BCUT2D eigenvalue weighted by Gasteiger charge is 2.14. The molecule has 0 atom stereocenters. The van der Waals surface area contributed by atoms with Crippen molar-refractivity contribution in [2.45, 2.75) is 0 Å². The summed E-state index contributed by atoms with van der Waals surface area (Å²) in [5, 5.41) is 0.647. The first kappa shape index (κ1) is 23.2. The van der Waals surface area contributed by atoms with Gasteiger partial charge >= 0.3 is 0 Å². The molecule has 0 spiro atoms. The molecule has 2 aromatic heterocycles. The highest BCUT2D eigenvalue weighted by atomic mass is 35.5. The molecule has 2 aromatic carbocycles. The standard InChI is InChI=1S/C22H20ClN3O5S2/c1-30-19-11-16(7-8-18(19)31-10-9-25-33(2,28)29)26-13-24-17-12-20(32-21(17)22(26)27)14-3-5-15(23)6-4-14/h3-8,11-13,25H,9-10H2,1-2H3. The summed E-state index contributed by atoms with van der Waals surface area (Å²) in [5.41, 5.74) is 1.95. The third kappa shape index (κ3) is 5.36. The van der Waals surface area contributed by atoms with E-state index in [9.17, 15) is 13.2 Å². The number of benzene rings is 2. The van der Waals surface area contributed by atoms with Crippen molar-refractivity contribution in [3.8, 4) is 27.6 Å². The van der Waals surface area contributed by atoms with Crippen molar-refractivity contribution < 1.29 is 17.9 Å². The van der Waals surface area contributed by atoms with Gasteiger partial charge < -0.3 is 9.47 Å². The van der Waals surface area contributed by atoms with Gasteiger partial charge in [-0.1, -0.05) is 23.7 Å². The number of methoxy groups -OCH3 is 1. The van der Waals surface area contributed by atoms with Crippen molar-refractivity contribution in [2.75, 3.05) is 26.5 Å².